The Morgan fingerprint density at radius 1 is 1.06 bits per heavy atom. The van der Waals surface area contributed by atoms with Gasteiger partial charge in [-0.05, 0) is 23.6 Å². The van der Waals surface area contributed by atoms with Crippen LogP contribution in [0.5, 0.6) is 11.5 Å². The summed E-state index contributed by atoms with van der Waals surface area (Å²) in [7, 11) is 5.03. The molecule has 4 rings (SSSR count). The zero-order valence-corrected chi connectivity index (χ0v) is 18.4. The molecular formula is C24H26N4O3. The average molecular weight is 418 g/mol. The van der Waals surface area contributed by atoms with Gasteiger partial charge in [0.1, 0.15) is 23.4 Å². The minimum atomic E-state index is 0.00634. The van der Waals surface area contributed by atoms with Crippen LogP contribution in [0.1, 0.15) is 30.6 Å². The average Bonchev–Trinajstić information content (AvgIpc) is 3.37. The summed E-state index contributed by atoms with van der Waals surface area (Å²) in [6, 6.07) is 9.82. The topological polar surface area (TPSA) is 71.2 Å². The lowest BCUT2D eigenvalue weighted by atomic mass is 9.99. The van der Waals surface area contributed by atoms with Crippen LogP contribution in [0.3, 0.4) is 0 Å². The van der Waals surface area contributed by atoms with Gasteiger partial charge in [-0.2, -0.15) is 5.10 Å². The molecule has 0 aliphatic carbocycles. The number of benzene rings is 2. The predicted molar refractivity (Wildman–Crippen MR) is 120 cm³/mol. The number of carbonyl (C=O) groups is 1. The molecule has 160 valence electrons. The molecule has 0 atom stereocenters. The summed E-state index contributed by atoms with van der Waals surface area (Å²) in [6.07, 6.45) is 6.00. The monoisotopic (exact) mass is 418 g/mol. The number of Topliss-reactive ketones (excluding diaryl/α,β-unsaturated/α-hetero) is 1. The molecule has 0 saturated heterocycles. The normalized spacial score (nSPS) is 11.3. The van der Waals surface area contributed by atoms with E-state index in [0.717, 1.165) is 27.8 Å². The van der Waals surface area contributed by atoms with E-state index in [1.54, 1.807) is 25.2 Å². The SMILES string of the molecule is COc1cc(-n2cnc3cc(-c4cnn(C)c4)ccc32)cc(OC)c1C(=O)CC(C)C. The Hall–Kier alpha value is -3.61. The summed E-state index contributed by atoms with van der Waals surface area (Å²) in [5.41, 5.74) is 5.18. The van der Waals surface area contributed by atoms with Crippen LogP contribution >= 0.6 is 0 Å². The van der Waals surface area contributed by atoms with Gasteiger partial charge in [-0.15, -0.1) is 0 Å². The molecule has 4 aromatic rings. The van der Waals surface area contributed by atoms with Crippen LogP contribution in [0.15, 0.2) is 49.1 Å². The number of aromatic nitrogens is 4. The Kier molecular flexibility index (Phi) is 5.50. The second kappa shape index (κ2) is 8.26. The lowest BCUT2D eigenvalue weighted by Crippen LogP contribution is -2.09. The fourth-order valence-electron chi connectivity index (χ4n) is 3.75. The molecule has 0 bridgehead atoms. The van der Waals surface area contributed by atoms with Gasteiger partial charge in [-0.1, -0.05) is 19.9 Å². The fourth-order valence-corrected chi connectivity index (χ4v) is 3.75. The van der Waals surface area contributed by atoms with Crippen molar-refractivity contribution in [3.05, 3.63) is 54.6 Å². The molecule has 0 N–H and O–H groups in total. The van der Waals surface area contributed by atoms with Gasteiger partial charge in [0.25, 0.3) is 0 Å². The largest absolute Gasteiger partial charge is 0.496 e. The molecule has 7 heteroatoms. The van der Waals surface area contributed by atoms with Crippen molar-refractivity contribution in [3.8, 4) is 28.3 Å². The summed E-state index contributed by atoms with van der Waals surface area (Å²) < 4.78 is 14.9. The second-order valence-corrected chi connectivity index (χ2v) is 7.97. The van der Waals surface area contributed by atoms with Crippen LogP contribution < -0.4 is 9.47 Å². The molecule has 7 nitrogen and oxygen atoms in total. The number of carbonyl (C=O) groups excluding carboxylic acids is 1. The zero-order valence-electron chi connectivity index (χ0n) is 18.4. The second-order valence-electron chi connectivity index (χ2n) is 7.97. The van der Waals surface area contributed by atoms with Crippen molar-refractivity contribution in [3.63, 3.8) is 0 Å². The Bertz CT molecular complexity index is 1230. The molecular weight excluding hydrogens is 392 g/mol. The van der Waals surface area contributed by atoms with Gasteiger partial charge in [0.15, 0.2) is 5.78 Å². The lowest BCUT2D eigenvalue weighted by Gasteiger charge is -2.16. The van der Waals surface area contributed by atoms with E-state index in [9.17, 15) is 4.79 Å². The van der Waals surface area contributed by atoms with E-state index in [2.05, 4.69) is 10.1 Å². The summed E-state index contributed by atoms with van der Waals surface area (Å²) >= 11 is 0. The number of fused-ring (bicyclic) bond motifs is 1. The third kappa shape index (κ3) is 3.91. The van der Waals surface area contributed by atoms with Gasteiger partial charge in [0, 0.05) is 37.4 Å². The zero-order chi connectivity index (χ0) is 22.1. The third-order valence-electron chi connectivity index (χ3n) is 5.23. The molecule has 2 aromatic carbocycles. The molecule has 0 aliphatic rings. The highest BCUT2D eigenvalue weighted by atomic mass is 16.5. The molecule has 2 aromatic heterocycles. The van der Waals surface area contributed by atoms with E-state index in [4.69, 9.17) is 9.47 Å². The van der Waals surface area contributed by atoms with E-state index >= 15 is 0 Å². The minimum Gasteiger partial charge on any atom is -0.496 e. The van der Waals surface area contributed by atoms with E-state index in [1.165, 1.54) is 0 Å². The van der Waals surface area contributed by atoms with Crippen LogP contribution in [-0.4, -0.2) is 39.3 Å². The fraction of sp³-hybridized carbons (Fsp3) is 0.292. The van der Waals surface area contributed by atoms with Crippen molar-refractivity contribution >= 4 is 16.8 Å². The summed E-state index contributed by atoms with van der Waals surface area (Å²) in [5, 5.41) is 4.24. The minimum absolute atomic E-state index is 0.00634. The number of hydrogen-bond acceptors (Lipinski definition) is 5. The highest BCUT2D eigenvalue weighted by Crippen LogP contribution is 2.35. The van der Waals surface area contributed by atoms with Crippen molar-refractivity contribution in [1.29, 1.82) is 0 Å². The van der Waals surface area contributed by atoms with Crippen molar-refractivity contribution < 1.29 is 14.3 Å². The molecule has 0 unspecified atom stereocenters. The summed E-state index contributed by atoms with van der Waals surface area (Å²) in [6.45, 7) is 4.03. The Morgan fingerprint density at radius 2 is 1.77 bits per heavy atom. The van der Waals surface area contributed by atoms with Crippen molar-refractivity contribution in [1.82, 2.24) is 19.3 Å². The smallest absolute Gasteiger partial charge is 0.170 e. The van der Waals surface area contributed by atoms with E-state index in [-0.39, 0.29) is 11.7 Å². The van der Waals surface area contributed by atoms with Gasteiger partial charge < -0.3 is 9.47 Å². The number of methoxy groups -OCH3 is 2. The van der Waals surface area contributed by atoms with Crippen molar-refractivity contribution in [2.45, 2.75) is 20.3 Å². The first-order valence-electron chi connectivity index (χ1n) is 10.2. The highest BCUT2D eigenvalue weighted by molar-refractivity contribution is 6.02. The molecule has 0 fully saturated rings. The molecule has 31 heavy (non-hydrogen) atoms. The number of ether oxygens (including phenoxy) is 2. The Labute approximate surface area is 181 Å². The van der Waals surface area contributed by atoms with Crippen LogP contribution in [0.2, 0.25) is 0 Å². The number of hydrogen-bond donors (Lipinski definition) is 0. The summed E-state index contributed by atoms with van der Waals surface area (Å²) in [5.74, 6) is 1.24. The standard InChI is InChI=1S/C24H26N4O3/c1-15(2)8-21(29)24-22(30-4)10-18(11-23(24)31-5)28-14-25-19-9-16(6-7-20(19)28)17-12-26-27(3)13-17/h6-7,9-15H,8H2,1-5H3. The number of nitrogens with zero attached hydrogens (tertiary/aromatic N) is 4. The van der Waals surface area contributed by atoms with Gasteiger partial charge in [0.05, 0.1) is 37.1 Å². The molecule has 0 amide bonds. The van der Waals surface area contributed by atoms with Gasteiger partial charge in [-0.25, -0.2) is 4.98 Å². The Morgan fingerprint density at radius 3 is 2.35 bits per heavy atom. The number of aryl methyl sites for hydroxylation is 1. The lowest BCUT2D eigenvalue weighted by molar-refractivity contribution is 0.0961. The van der Waals surface area contributed by atoms with Crippen LogP contribution in [0, 0.1) is 5.92 Å². The first-order valence-corrected chi connectivity index (χ1v) is 10.2. The maximum Gasteiger partial charge on any atom is 0.170 e. The molecule has 0 saturated carbocycles. The third-order valence-corrected chi connectivity index (χ3v) is 5.23. The Balaban J connectivity index is 1.79. The molecule has 0 spiro atoms. The molecule has 2 heterocycles. The van der Waals surface area contributed by atoms with E-state index in [1.807, 2.05) is 68.2 Å². The van der Waals surface area contributed by atoms with Crippen LogP contribution in [0.4, 0.5) is 0 Å². The quantitative estimate of drug-likeness (QED) is 0.408. The number of imidazole rings is 1. The van der Waals surface area contributed by atoms with Crippen molar-refractivity contribution in [2.75, 3.05) is 14.2 Å². The maximum absolute atomic E-state index is 12.8. The van der Waals surface area contributed by atoms with Gasteiger partial charge >= 0.3 is 0 Å². The predicted octanol–water partition coefficient (Wildman–Crippen LogP) is 4.67. The molecule has 0 aliphatic heterocycles. The maximum atomic E-state index is 12.8. The first-order chi connectivity index (χ1) is 14.9. The summed E-state index contributed by atoms with van der Waals surface area (Å²) in [4.78, 5) is 17.4. The number of ketones is 1. The van der Waals surface area contributed by atoms with Crippen LogP contribution in [-0.2, 0) is 7.05 Å². The molecule has 0 radical (unpaired) electrons. The van der Waals surface area contributed by atoms with E-state index < -0.39 is 0 Å². The number of rotatable bonds is 7. The first kappa shape index (κ1) is 20.7. The van der Waals surface area contributed by atoms with Crippen molar-refractivity contribution in [2.24, 2.45) is 13.0 Å². The van der Waals surface area contributed by atoms with Gasteiger partial charge in [0.2, 0.25) is 0 Å². The highest BCUT2D eigenvalue weighted by Gasteiger charge is 2.21. The van der Waals surface area contributed by atoms with E-state index in [0.29, 0.717) is 23.5 Å². The van der Waals surface area contributed by atoms with Gasteiger partial charge in [-0.3, -0.25) is 14.0 Å². The van der Waals surface area contributed by atoms with Crippen LogP contribution in [0.25, 0.3) is 27.8 Å².